The summed E-state index contributed by atoms with van der Waals surface area (Å²) in [5, 5.41) is 0. The third-order valence-corrected chi connectivity index (χ3v) is 2.77. The van der Waals surface area contributed by atoms with Gasteiger partial charge in [-0.2, -0.15) is 0 Å². The molecule has 16 heavy (non-hydrogen) atoms. The summed E-state index contributed by atoms with van der Waals surface area (Å²) in [6, 6.07) is 8.33. The van der Waals surface area contributed by atoms with Crippen LogP contribution in [0, 0.1) is 18.8 Å². The highest BCUT2D eigenvalue weighted by atomic mass is 13.9. The van der Waals surface area contributed by atoms with Gasteiger partial charge < -0.3 is 0 Å². The molecule has 86 valence electrons. The second-order valence-corrected chi connectivity index (χ2v) is 4.28. The first-order chi connectivity index (χ1) is 7.84. The van der Waals surface area contributed by atoms with E-state index in [1.165, 1.54) is 43.2 Å². The molecule has 0 N–H and O–H groups in total. The minimum Gasteiger partial charge on any atom is -0.0979 e. The van der Waals surface area contributed by atoms with Crippen molar-refractivity contribution in [2.75, 3.05) is 0 Å². The fraction of sp³-hybridized carbons (Fsp3) is 0.500. The topological polar surface area (TPSA) is 0 Å². The highest BCUT2D eigenvalue weighted by Crippen LogP contribution is 2.06. The van der Waals surface area contributed by atoms with E-state index in [-0.39, 0.29) is 0 Å². The number of hydrogen-bond donors (Lipinski definition) is 0. The average Bonchev–Trinajstić information content (AvgIpc) is 2.30. The molecule has 0 aliphatic rings. The Balaban J connectivity index is 2.25. The Labute approximate surface area is 100 Å². The van der Waals surface area contributed by atoms with Crippen LogP contribution in [-0.4, -0.2) is 0 Å². The lowest BCUT2D eigenvalue weighted by Gasteiger charge is -1.96. The molecule has 0 heteroatoms. The van der Waals surface area contributed by atoms with Crippen molar-refractivity contribution in [1.82, 2.24) is 0 Å². The zero-order valence-electron chi connectivity index (χ0n) is 10.6. The summed E-state index contributed by atoms with van der Waals surface area (Å²) in [7, 11) is 0. The maximum absolute atomic E-state index is 3.27. The minimum atomic E-state index is 1.04. The number of benzene rings is 1. The molecule has 0 bridgehead atoms. The van der Waals surface area contributed by atoms with E-state index in [9.17, 15) is 0 Å². The Morgan fingerprint density at radius 3 is 2.50 bits per heavy atom. The van der Waals surface area contributed by atoms with Crippen LogP contribution in [0.1, 0.15) is 56.6 Å². The van der Waals surface area contributed by atoms with Crippen molar-refractivity contribution in [3.8, 4) is 11.8 Å². The van der Waals surface area contributed by atoms with Crippen molar-refractivity contribution in [2.45, 2.75) is 52.4 Å². The smallest absolute Gasteiger partial charge is 0.0274 e. The van der Waals surface area contributed by atoms with Gasteiger partial charge in [-0.3, -0.25) is 0 Å². The van der Waals surface area contributed by atoms with E-state index in [1.54, 1.807) is 0 Å². The standard InChI is InChI=1S/C16H22/c1-3-4-5-6-7-8-9-13-16-14-11-10-12-15(16)2/h10-12,14H,3-8H2,1-2H3. The van der Waals surface area contributed by atoms with Crippen LogP contribution in [0.3, 0.4) is 0 Å². The summed E-state index contributed by atoms with van der Waals surface area (Å²) < 4.78 is 0. The summed E-state index contributed by atoms with van der Waals surface area (Å²) in [5.41, 5.74) is 2.46. The average molecular weight is 214 g/mol. The Hall–Kier alpha value is -1.22. The molecular formula is C16H22. The van der Waals surface area contributed by atoms with Crippen LogP contribution >= 0.6 is 0 Å². The van der Waals surface area contributed by atoms with Crippen LogP contribution in [0.5, 0.6) is 0 Å². The van der Waals surface area contributed by atoms with Gasteiger partial charge in [0.15, 0.2) is 0 Å². The number of rotatable bonds is 5. The van der Waals surface area contributed by atoms with Gasteiger partial charge in [-0.15, -0.1) is 0 Å². The van der Waals surface area contributed by atoms with Crippen molar-refractivity contribution in [3.63, 3.8) is 0 Å². The maximum atomic E-state index is 3.27. The first-order valence-corrected chi connectivity index (χ1v) is 6.39. The molecule has 0 saturated carbocycles. The van der Waals surface area contributed by atoms with Crippen LogP contribution in [0.4, 0.5) is 0 Å². The first-order valence-electron chi connectivity index (χ1n) is 6.39. The van der Waals surface area contributed by atoms with Gasteiger partial charge in [0.05, 0.1) is 0 Å². The molecule has 0 unspecified atom stereocenters. The Kier molecular flexibility index (Phi) is 6.42. The molecule has 0 radical (unpaired) electrons. The molecule has 0 heterocycles. The second kappa shape index (κ2) is 7.99. The van der Waals surface area contributed by atoms with Gasteiger partial charge in [-0.05, 0) is 25.0 Å². The largest absolute Gasteiger partial charge is 0.0979 e. The highest BCUT2D eigenvalue weighted by molar-refractivity contribution is 5.40. The van der Waals surface area contributed by atoms with Gasteiger partial charge in [0.25, 0.3) is 0 Å². The third-order valence-electron chi connectivity index (χ3n) is 2.77. The number of aryl methyl sites for hydroxylation is 1. The van der Waals surface area contributed by atoms with E-state index in [1.807, 2.05) is 0 Å². The van der Waals surface area contributed by atoms with Crippen molar-refractivity contribution < 1.29 is 0 Å². The van der Waals surface area contributed by atoms with E-state index in [0.29, 0.717) is 0 Å². The van der Waals surface area contributed by atoms with Crippen LogP contribution < -0.4 is 0 Å². The minimum absolute atomic E-state index is 1.04. The number of hydrogen-bond acceptors (Lipinski definition) is 0. The van der Waals surface area contributed by atoms with E-state index in [2.05, 4.69) is 50.0 Å². The molecule has 0 aromatic heterocycles. The molecule has 0 amide bonds. The first kappa shape index (κ1) is 12.8. The van der Waals surface area contributed by atoms with Crippen molar-refractivity contribution in [1.29, 1.82) is 0 Å². The van der Waals surface area contributed by atoms with Gasteiger partial charge in [-0.1, -0.05) is 62.6 Å². The molecule has 0 nitrogen and oxygen atoms in total. The van der Waals surface area contributed by atoms with Gasteiger partial charge in [0.2, 0.25) is 0 Å². The Morgan fingerprint density at radius 2 is 1.75 bits per heavy atom. The van der Waals surface area contributed by atoms with Crippen molar-refractivity contribution in [2.24, 2.45) is 0 Å². The van der Waals surface area contributed by atoms with Crippen LogP contribution in [0.15, 0.2) is 24.3 Å². The Bertz CT molecular complexity index is 352. The van der Waals surface area contributed by atoms with Gasteiger partial charge >= 0.3 is 0 Å². The van der Waals surface area contributed by atoms with Crippen LogP contribution in [0.25, 0.3) is 0 Å². The van der Waals surface area contributed by atoms with E-state index in [0.717, 1.165) is 6.42 Å². The summed E-state index contributed by atoms with van der Waals surface area (Å²) in [6.07, 6.45) is 7.66. The van der Waals surface area contributed by atoms with Crippen LogP contribution in [0.2, 0.25) is 0 Å². The summed E-state index contributed by atoms with van der Waals surface area (Å²) in [4.78, 5) is 0. The quantitative estimate of drug-likeness (QED) is 0.492. The summed E-state index contributed by atoms with van der Waals surface area (Å²) in [6.45, 7) is 4.36. The molecule has 0 aliphatic heterocycles. The lowest BCUT2D eigenvalue weighted by atomic mass is 10.1. The second-order valence-electron chi connectivity index (χ2n) is 4.28. The zero-order valence-corrected chi connectivity index (χ0v) is 10.6. The monoisotopic (exact) mass is 214 g/mol. The molecule has 1 rings (SSSR count). The SMILES string of the molecule is CCCCCCCC#Cc1ccccc1C. The van der Waals surface area contributed by atoms with E-state index >= 15 is 0 Å². The molecule has 0 fully saturated rings. The lowest BCUT2D eigenvalue weighted by Crippen LogP contribution is -1.80. The predicted molar refractivity (Wildman–Crippen MR) is 71.4 cm³/mol. The molecule has 0 spiro atoms. The van der Waals surface area contributed by atoms with Crippen LogP contribution in [-0.2, 0) is 0 Å². The fourth-order valence-corrected chi connectivity index (χ4v) is 1.69. The third kappa shape index (κ3) is 5.03. The molecule has 0 atom stereocenters. The van der Waals surface area contributed by atoms with Crippen molar-refractivity contribution in [3.05, 3.63) is 35.4 Å². The van der Waals surface area contributed by atoms with E-state index in [4.69, 9.17) is 0 Å². The van der Waals surface area contributed by atoms with E-state index < -0.39 is 0 Å². The maximum Gasteiger partial charge on any atom is 0.0274 e. The molecule has 1 aromatic carbocycles. The summed E-state index contributed by atoms with van der Waals surface area (Å²) in [5.74, 6) is 6.52. The molecular weight excluding hydrogens is 192 g/mol. The Morgan fingerprint density at radius 1 is 1.00 bits per heavy atom. The molecule has 0 saturated heterocycles. The highest BCUT2D eigenvalue weighted by Gasteiger charge is 1.90. The fourth-order valence-electron chi connectivity index (χ4n) is 1.69. The van der Waals surface area contributed by atoms with Gasteiger partial charge in [-0.25, -0.2) is 0 Å². The molecule has 0 aliphatic carbocycles. The molecule has 1 aromatic rings. The number of unbranched alkanes of at least 4 members (excludes halogenated alkanes) is 5. The normalized spacial score (nSPS) is 9.62. The lowest BCUT2D eigenvalue weighted by molar-refractivity contribution is 0.641. The van der Waals surface area contributed by atoms with Gasteiger partial charge in [0, 0.05) is 12.0 Å². The van der Waals surface area contributed by atoms with Crippen molar-refractivity contribution >= 4 is 0 Å². The predicted octanol–water partition coefficient (Wildman–Crippen LogP) is 4.71. The van der Waals surface area contributed by atoms with Gasteiger partial charge in [0.1, 0.15) is 0 Å². The summed E-state index contributed by atoms with van der Waals surface area (Å²) >= 11 is 0. The zero-order chi connectivity index (χ0) is 11.6.